The maximum absolute atomic E-state index is 2.52. The van der Waals surface area contributed by atoms with E-state index in [1.54, 1.807) is 5.57 Å². The van der Waals surface area contributed by atoms with Gasteiger partial charge in [-0.15, -0.1) is 0 Å². The van der Waals surface area contributed by atoms with E-state index in [1.807, 2.05) is 0 Å². The SMILES string of the molecule is CC1=CCC(C)C2CC(C(C)C)CC[C@@]12C. The lowest BCUT2D eigenvalue weighted by Gasteiger charge is -2.51. The van der Waals surface area contributed by atoms with Gasteiger partial charge in [-0.05, 0) is 61.7 Å². The first-order valence-electron chi connectivity index (χ1n) is 7.12. The van der Waals surface area contributed by atoms with Crippen LogP contribution in [-0.4, -0.2) is 0 Å². The Labute approximate surface area is 102 Å². The van der Waals surface area contributed by atoms with Crippen molar-refractivity contribution < 1.29 is 0 Å². The van der Waals surface area contributed by atoms with Crippen LogP contribution in [0.25, 0.3) is 0 Å². The van der Waals surface area contributed by atoms with Gasteiger partial charge in [0.05, 0.1) is 0 Å². The van der Waals surface area contributed by atoms with Gasteiger partial charge in [-0.3, -0.25) is 0 Å². The molecule has 0 radical (unpaired) electrons. The summed E-state index contributed by atoms with van der Waals surface area (Å²) < 4.78 is 0. The van der Waals surface area contributed by atoms with E-state index >= 15 is 0 Å². The summed E-state index contributed by atoms with van der Waals surface area (Å²) in [6, 6.07) is 0. The van der Waals surface area contributed by atoms with E-state index in [1.165, 1.54) is 25.7 Å². The fourth-order valence-electron chi connectivity index (χ4n) is 4.09. The van der Waals surface area contributed by atoms with Crippen LogP contribution in [0.1, 0.15) is 60.3 Å². The largest absolute Gasteiger partial charge is 0.0848 e. The van der Waals surface area contributed by atoms with Crippen LogP contribution in [0.4, 0.5) is 0 Å². The molecule has 2 rings (SSSR count). The zero-order chi connectivity index (χ0) is 11.9. The molecule has 0 N–H and O–H groups in total. The highest BCUT2D eigenvalue weighted by Crippen LogP contribution is 2.55. The first kappa shape index (κ1) is 12.2. The van der Waals surface area contributed by atoms with Gasteiger partial charge in [-0.2, -0.15) is 0 Å². The summed E-state index contributed by atoms with van der Waals surface area (Å²) >= 11 is 0. The molecule has 0 aromatic rings. The van der Waals surface area contributed by atoms with E-state index < -0.39 is 0 Å². The number of allylic oxidation sites excluding steroid dienone is 2. The topological polar surface area (TPSA) is 0 Å². The van der Waals surface area contributed by atoms with Gasteiger partial charge >= 0.3 is 0 Å². The summed E-state index contributed by atoms with van der Waals surface area (Å²) in [6.45, 7) is 12.2. The maximum atomic E-state index is 2.52. The molecule has 0 aromatic heterocycles. The van der Waals surface area contributed by atoms with Gasteiger partial charge in [-0.1, -0.05) is 39.3 Å². The highest BCUT2D eigenvalue weighted by atomic mass is 14.5. The van der Waals surface area contributed by atoms with E-state index in [9.17, 15) is 0 Å². The van der Waals surface area contributed by atoms with Crippen molar-refractivity contribution >= 4 is 0 Å². The van der Waals surface area contributed by atoms with Gasteiger partial charge in [0.2, 0.25) is 0 Å². The van der Waals surface area contributed by atoms with Gasteiger partial charge in [0, 0.05) is 0 Å². The Morgan fingerprint density at radius 2 is 2.06 bits per heavy atom. The molecule has 1 saturated carbocycles. The van der Waals surface area contributed by atoms with Gasteiger partial charge in [0.15, 0.2) is 0 Å². The Balaban J connectivity index is 2.21. The van der Waals surface area contributed by atoms with Crippen molar-refractivity contribution in [2.24, 2.45) is 29.1 Å². The molecule has 0 aromatic carbocycles. The smallest absolute Gasteiger partial charge is 0.00881 e. The lowest BCUT2D eigenvalue weighted by atomic mass is 9.54. The molecule has 1 fully saturated rings. The molecule has 4 atom stereocenters. The van der Waals surface area contributed by atoms with Crippen molar-refractivity contribution in [2.45, 2.75) is 60.3 Å². The number of hydrogen-bond acceptors (Lipinski definition) is 0. The van der Waals surface area contributed by atoms with Crippen LogP contribution in [0.5, 0.6) is 0 Å². The van der Waals surface area contributed by atoms with Crippen molar-refractivity contribution in [2.75, 3.05) is 0 Å². The molecule has 0 amide bonds. The van der Waals surface area contributed by atoms with E-state index in [2.05, 4.69) is 40.7 Å². The quantitative estimate of drug-likeness (QED) is 0.542. The summed E-state index contributed by atoms with van der Waals surface area (Å²) in [5.74, 6) is 3.70. The minimum atomic E-state index is 0.531. The zero-order valence-electron chi connectivity index (χ0n) is 11.7. The lowest BCUT2D eigenvalue weighted by Crippen LogP contribution is -2.42. The van der Waals surface area contributed by atoms with Crippen LogP contribution in [0.2, 0.25) is 0 Å². The van der Waals surface area contributed by atoms with Crippen LogP contribution < -0.4 is 0 Å². The molecular weight excluding hydrogens is 192 g/mol. The number of rotatable bonds is 1. The van der Waals surface area contributed by atoms with E-state index in [4.69, 9.17) is 0 Å². The van der Waals surface area contributed by atoms with Crippen LogP contribution in [0.15, 0.2) is 11.6 Å². The van der Waals surface area contributed by atoms with Crippen molar-refractivity contribution in [3.8, 4) is 0 Å². The van der Waals surface area contributed by atoms with E-state index in [0.29, 0.717) is 5.41 Å². The number of fused-ring (bicyclic) bond motifs is 1. The van der Waals surface area contributed by atoms with E-state index in [0.717, 1.165) is 23.7 Å². The molecule has 0 heterocycles. The van der Waals surface area contributed by atoms with Crippen molar-refractivity contribution in [3.05, 3.63) is 11.6 Å². The Kier molecular flexibility index (Phi) is 3.20. The van der Waals surface area contributed by atoms with E-state index in [-0.39, 0.29) is 0 Å². The first-order chi connectivity index (χ1) is 7.45. The normalized spacial score (nSPS) is 44.1. The third kappa shape index (κ3) is 1.85. The highest BCUT2D eigenvalue weighted by Gasteiger charge is 2.45. The Bertz CT molecular complexity index is 286. The highest BCUT2D eigenvalue weighted by molar-refractivity contribution is 5.19. The second-order valence-corrected chi connectivity index (χ2v) is 6.90. The molecule has 16 heavy (non-hydrogen) atoms. The molecule has 2 aliphatic rings. The average Bonchev–Trinajstić information content (AvgIpc) is 2.24. The Morgan fingerprint density at radius 3 is 2.69 bits per heavy atom. The summed E-state index contributed by atoms with van der Waals surface area (Å²) in [5, 5.41) is 0. The van der Waals surface area contributed by atoms with Crippen LogP contribution in [-0.2, 0) is 0 Å². The van der Waals surface area contributed by atoms with Gasteiger partial charge in [0.1, 0.15) is 0 Å². The number of hydrogen-bond donors (Lipinski definition) is 0. The molecule has 92 valence electrons. The molecule has 0 aliphatic heterocycles. The second kappa shape index (κ2) is 4.20. The van der Waals surface area contributed by atoms with Crippen molar-refractivity contribution in [3.63, 3.8) is 0 Å². The van der Waals surface area contributed by atoms with Crippen LogP contribution in [0, 0.1) is 29.1 Å². The fourth-order valence-corrected chi connectivity index (χ4v) is 4.09. The monoisotopic (exact) mass is 220 g/mol. The summed E-state index contributed by atoms with van der Waals surface area (Å²) in [4.78, 5) is 0. The van der Waals surface area contributed by atoms with Gasteiger partial charge in [0.25, 0.3) is 0 Å². The minimum Gasteiger partial charge on any atom is -0.0848 e. The fraction of sp³-hybridized carbons (Fsp3) is 0.875. The zero-order valence-corrected chi connectivity index (χ0v) is 11.7. The van der Waals surface area contributed by atoms with Gasteiger partial charge in [-0.25, -0.2) is 0 Å². The second-order valence-electron chi connectivity index (χ2n) is 6.90. The predicted octanol–water partition coefficient (Wildman–Crippen LogP) is 5.05. The average molecular weight is 220 g/mol. The molecule has 2 aliphatic carbocycles. The van der Waals surface area contributed by atoms with Crippen molar-refractivity contribution in [1.82, 2.24) is 0 Å². The van der Waals surface area contributed by atoms with Crippen LogP contribution >= 0.6 is 0 Å². The molecule has 0 nitrogen and oxygen atoms in total. The third-order valence-corrected chi connectivity index (χ3v) is 5.74. The molecule has 3 unspecified atom stereocenters. The Hall–Kier alpha value is -0.260. The minimum absolute atomic E-state index is 0.531. The molecule has 0 bridgehead atoms. The summed E-state index contributed by atoms with van der Waals surface area (Å²) in [6.07, 6.45) is 8.17. The molecular formula is C16H28. The lowest BCUT2D eigenvalue weighted by molar-refractivity contribution is 0.0466. The standard InChI is InChI=1S/C16H28/c1-11(2)14-8-9-16(5)13(4)7-6-12(3)15(16)10-14/h7,11-12,14-15H,6,8-10H2,1-5H3/t12?,14?,15?,16-/m0/s1. The first-order valence-corrected chi connectivity index (χ1v) is 7.12. The Morgan fingerprint density at radius 1 is 1.38 bits per heavy atom. The molecule has 0 saturated heterocycles. The molecule has 0 spiro atoms. The van der Waals surface area contributed by atoms with Crippen LogP contribution in [0.3, 0.4) is 0 Å². The van der Waals surface area contributed by atoms with Crippen molar-refractivity contribution in [1.29, 1.82) is 0 Å². The molecule has 0 heteroatoms. The van der Waals surface area contributed by atoms with Gasteiger partial charge < -0.3 is 0 Å². The summed E-state index contributed by atoms with van der Waals surface area (Å²) in [5.41, 5.74) is 2.21. The summed E-state index contributed by atoms with van der Waals surface area (Å²) in [7, 11) is 0. The third-order valence-electron chi connectivity index (χ3n) is 5.74. The maximum Gasteiger partial charge on any atom is -0.00881 e. The predicted molar refractivity (Wildman–Crippen MR) is 71.3 cm³/mol.